The average Bonchev–Trinajstić information content (AvgIpc) is 3.49. The van der Waals surface area contributed by atoms with Gasteiger partial charge in [-0.1, -0.05) is 6.92 Å². The van der Waals surface area contributed by atoms with Gasteiger partial charge in [0.15, 0.2) is 0 Å². The number of carbonyl (C=O) groups is 1. The van der Waals surface area contributed by atoms with Crippen LogP contribution in [0.25, 0.3) is 21.1 Å². The first-order chi connectivity index (χ1) is 17.0. The number of amides is 1. The maximum absolute atomic E-state index is 13.5. The molecule has 0 bridgehead atoms. The minimum Gasteiger partial charge on any atom is -0.494 e. The van der Waals surface area contributed by atoms with Crippen LogP contribution in [0.15, 0.2) is 24.7 Å². The molecule has 2 N–H and O–H groups in total. The Morgan fingerprint density at radius 1 is 1.31 bits per heavy atom. The lowest BCUT2D eigenvalue weighted by Gasteiger charge is -2.38. The molecule has 1 aliphatic rings. The van der Waals surface area contributed by atoms with Crippen LogP contribution >= 0.6 is 11.3 Å². The molecule has 1 amide bonds. The van der Waals surface area contributed by atoms with Crippen molar-refractivity contribution in [3.63, 3.8) is 0 Å². The molecule has 0 aliphatic heterocycles. The number of carbonyl (C=O) groups excluding carboxylic acids is 1. The van der Waals surface area contributed by atoms with E-state index in [-0.39, 0.29) is 5.91 Å². The zero-order valence-electron chi connectivity index (χ0n) is 20.5. The number of anilines is 2. The van der Waals surface area contributed by atoms with Crippen LogP contribution in [0.4, 0.5) is 11.5 Å². The first kappa shape index (κ1) is 23.5. The lowest BCUT2D eigenvalue weighted by atomic mass is 9.71. The highest BCUT2D eigenvalue weighted by atomic mass is 32.1. The molecule has 3 aromatic heterocycles. The Bertz CT molecular complexity index is 1380. The van der Waals surface area contributed by atoms with Gasteiger partial charge in [-0.3, -0.25) is 9.89 Å². The highest BCUT2D eigenvalue weighted by Crippen LogP contribution is 2.47. The van der Waals surface area contributed by atoms with Crippen molar-refractivity contribution in [3.8, 4) is 5.75 Å². The number of fused-ring (bicyclic) bond motifs is 4. The molecule has 0 saturated carbocycles. The molecule has 1 atom stereocenters. The summed E-state index contributed by atoms with van der Waals surface area (Å²) in [6.07, 6.45) is 6.51. The Labute approximate surface area is 207 Å². The van der Waals surface area contributed by atoms with Crippen molar-refractivity contribution in [1.29, 1.82) is 0 Å². The smallest absolute Gasteiger partial charge is 0.228 e. The first-order valence-corrected chi connectivity index (χ1v) is 12.6. The number of likely N-dealkylation sites (N-methyl/N-ethyl adjacent to an activating group) is 1. The summed E-state index contributed by atoms with van der Waals surface area (Å²) >= 11 is 1.67. The minimum absolute atomic E-state index is 0.197. The zero-order valence-corrected chi connectivity index (χ0v) is 21.3. The van der Waals surface area contributed by atoms with E-state index in [0.717, 1.165) is 58.3 Å². The molecule has 1 aliphatic carbocycles. The fraction of sp³-hybridized carbons (Fsp3) is 0.440. The SMILES string of the molecule is CC[C@]1(C(=O)N(C)CCOC)CCc2c(sc3ncnc(Nc4cc5cn[nH]c5cc4OC)c23)C1. The van der Waals surface area contributed by atoms with Gasteiger partial charge in [0, 0.05) is 37.0 Å². The van der Waals surface area contributed by atoms with Gasteiger partial charge in [0.25, 0.3) is 0 Å². The van der Waals surface area contributed by atoms with E-state index >= 15 is 0 Å². The predicted molar refractivity (Wildman–Crippen MR) is 138 cm³/mol. The van der Waals surface area contributed by atoms with Gasteiger partial charge in [-0.25, -0.2) is 9.97 Å². The molecule has 35 heavy (non-hydrogen) atoms. The largest absolute Gasteiger partial charge is 0.494 e. The van der Waals surface area contributed by atoms with E-state index in [0.29, 0.717) is 18.9 Å². The topological polar surface area (TPSA) is 105 Å². The van der Waals surface area contributed by atoms with Crippen LogP contribution < -0.4 is 10.1 Å². The highest BCUT2D eigenvalue weighted by Gasteiger charge is 2.43. The number of aryl methyl sites for hydroxylation is 1. The molecule has 9 nitrogen and oxygen atoms in total. The summed E-state index contributed by atoms with van der Waals surface area (Å²) in [5.41, 5.74) is 2.57. The van der Waals surface area contributed by atoms with Crippen molar-refractivity contribution in [2.75, 3.05) is 39.7 Å². The molecular formula is C25H30N6O3S. The Hall–Kier alpha value is -3.24. The number of ether oxygens (including phenoxy) is 2. The normalized spacial score (nSPS) is 17.5. The Kier molecular flexibility index (Phi) is 6.33. The van der Waals surface area contributed by atoms with E-state index in [1.807, 2.05) is 24.1 Å². The van der Waals surface area contributed by atoms with Crippen LogP contribution in [-0.2, 0) is 22.4 Å². The molecule has 4 aromatic rings. The highest BCUT2D eigenvalue weighted by molar-refractivity contribution is 7.19. The Balaban J connectivity index is 1.50. The molecule has 1 aromatic carbocycles. The van der Waals surface area contributed by atoms with Crippen LogP contribution in [0.3, 0.4) is 0 Å². The van der Waals surface area contributed by atoms with Crippen molar-refractivity contribution in [2.24, 2.45) is 5.41 Å². The molecule has 10 heteroatoms. The minimum atomic E-state index is -0.396. The second kappa shape index (κ2) is 9.43. The number of nitrogens with one attached hydrogen (secondary N) is 2. The van der Waals surface area contributed by atoms with Gasteiger partial charge in [0.2, 0.25) is 5.91 Å². The fourth-order valence-electron chi connectivity index (χ4n) is 5.03. The summed E-state index contributed by atoms with van der Waals surface area (Å²) < 4.78 is 10.8. The number of thiophene rings is 1. The first-order valence-electron chi connectivity index (χ1n) is 11.8. The van der Waals surface area contributed by atoms with Gasteiger partial charge < -0.3 is 19.7 Å². The second-order valence-corrected chi connectivity index (χ2v) is 10.2. The third-order valence-corrected chi connectivity index (χ3v) is 8.28. The maximum Gasteiger partial charge on any atom is 0.228 e. The third kappa shape index (κ3) is 4.10. The van der Waals surface area contributed by atoms with Crippen molar-refractivity contribution in [2.45, 2.75) is 32.6 Å². The molecule has 0 radical (unpaired) electrons. The van der Waals surface area contributed by atoms with Crippen LogP contribution in [0.2, 0.25) is 0 Å². The zero-order chi connectivity index (χ0) is 24.6. The standard InChI is InChI=1S/C25H30N6O3S/c1-5-25(24(32)31(2)8-9-33-3)7-6-16-20(12-25)35-23-21(16)22(26-14-27-23)29-18-10-15-13-28-30-17(15)11-19(18)34-4/h10-11,13-14H,5-9,12H2,1-4H3,(H,28,30)(H,26,27,29)/t25-/m0/s1. The average molecular weight is 495 g/mol. The van der Waals surface area contributed by atoms with Crippen molar-refractivity contribution >= 4 is 49.9 Å². The van der Waals surface area contributed by atoms with Gasteiger partial charge in [-0.15, -0.1) is 11.3 Å². The van der Waals surface area contributed by atoms with Gasteiger partial charge >= 0.3 is 0 Å². The van der Waals surface area contributed by atoms with Crippen LogP contribution in [0.5, 0.6) is 5.75 Å². The molecule has 184 valence electrons. The number of hydrogen-bond donors (Lipinski definition) is 2. The fourth-order valence-corrected chi connectivity index (χ4v) is 6.37. The van der Waals surface area contributed by atoms with Gasteiger partial charge in [0.1, 0.15) is 22.7 Å². The number of benzene rings is 1. The van der Waals surface area contributed by atoms with E-state index in [1.165, 1.54) is 10.4 Å². The number of aromatic amines is 1. The van der Waals surface area contributed by atoms with Gasteiger partial charge in [-0.05, 0) is 37.3 Å². The number of nitrogens with zero attached hydrogens (tertiary/aromatic N) is 4. The van der Waals surface area contributed by atoms with Crippen molar-refractivity contribution < 1.29 is 14.3 Å². The van der Waals surface area contributed by atoms with E-state index in [4.69, 9.17) is 9.47 Å². The predicted octanol–water partition coefficient (Wildman–Crippen LogP) is 4.31. The Morgan fingerprint density at radius 2 is 2.17 bits per heavy atom. The third-order valence-electron chi connectivity index (χ3n) is 7.14. The summed E-state index contributed by atoms with van der Waals surface area (Å²) in [5, 5.41) is 12.6. The van der Waals surface area contributed by atoms with Gasteiger partial charge in [-0.2, -0.15) is 5.10 Å². The Morgan fingerprint density at radius 3 is 2.94 bits per heavy atom. The summed E-state index contributed by atoms with van der Waals surface area (Å²) in [7, 11) is 5.18. The number of rotatable bonds is 8. The van der Waals surface area contributed by atoms with Crippen LogP contribution in [0.1, 0.15) is 30.2 Å². The monoisotopic (exact) mass is 494 g/mol. The molecule has 0 saturated heterocycles. The summed E-state index contributed by atoms with van der Waals surface area (Å²) in [6, 6.07) is 3.93. The lowest BCUT2D eigenvalue weighted by Crippen LogP contribution is -2.45. The van der Waals surface area contributed by atoms with Crippen molar-refractivity contribution in [3.05, 3.63) is 35.1 Å². The van der Waals surface area contributed by atoms with E-state index < -0.39 is 5.41 Å². The van der Waals surface area contributed by atoms with E-state index in [1.54, 1.807) is 38.1 Å². The second-order valence-electron chi connectivity index (χ2n) is 9.07. The lowest BCUT2D eigenvalue weighted by molar-refractivity contribution is -0.142. The van der Waals surface area contributed by atoms with E-state index in [9.17, 15) is 4.79 Å². The summed E-state index contributed by atoms with van der Waals surface area (Å²) in [4.78, 5) is 26.6. The van der Waals surface area contributed by atoms with Gasteiger partial charge in [0.05, 0.1) is 41.9 Å². The molecule has 0 unspecified atom stereocenters. The number of H-pyrrole nitrogens is 1. The molecular weight excluding hydrogens is 464 g/mol. The van der Waals surface area contributed by atoms with Crippen LogP contribution in [0, 0.1) is 5.41 Å². The summed E-state index contributed by atoms with van der Waals surface area (Å²) in [6.45, 7) is 3.25. The number of aromatic nitrogens is 4. The molecule has 0 fully saturated rings. The molecule has 0 spiro atoms. The number of methoxy groups -OCH3 is 2. The van der Waals surface area contributed by atoms with E-state index in [2.05, 4.69) is 32.4 Å². The maximum atomic E-state index is 13.5. The quantitative estimate of drug-likeness (QED) is 0.376. The summed E-state index contributed by atoms with van der Waals surface area (Å²) in [5.74, 6) is 1.65. The van der Waals surface area contributed by atoms with Crippen molar-refractivity contribution in [1.82, 2.24) is 25.1 Å². The number of hydrogen-bond acceptors (Lipinski definition) is 8. The van der Waals surface area contributed by atoms with Crippen LogP contribution in [-0.4, -0.2) is 65.4 Å². The molecule has 3 heterocycles. The molecule has 5 rings (SSSR count).